The fraction of sp³-hybridized carbons (Fsp3) is 0.211. The maximum absolute atomic E-state index is 12.3. The Labute approximate surface area is 146 Å². The summed E-state index contributed by atoms with van der Waals surface area (Å²) >= 11 is 0. The van der Waals surface area contributed by atoms with Crippen molar-refractivity contribution in [1.29, 1.82) is 0 Å². The lowest BCUT2D eigenvalue weighted by atomic mass is 10.2. The summed E-state index contributed by atoms with van der Waals surface area (Å²) in [6, 6.07) is 17.0. The van der Waals surface area contributed by atoms with Gasteiger partial charge in [0.1, 0.15) is 11.6 Å². The van der Waals surface area contributed by atoms with Gasteiger partial charge in [-0.05, 0) is 19.1 Å². The standard InChI is InChI=1S/C19H20N4O2/c1-2-25-16-11-7-6-10-15(16)19(24)20-13-12-17-21-18(23-22-17)14-8-4-3-5-9-14/h3-11H,2,12-13H2,1H3,(H,20,24)(H,21,22,23). The quantitative estimate of drug-likeness (QED) is 0.695. The first-order valence-corrected chi connectivity index (χ1v) is 8.24. The molecule has 3 rings (SSSR count). The third-order valence-corrected chi connectivity index (χ3v) is 3.64. The summed E-state index contributed by atoms with van der Waals surface area (Å²) in [6.45, 7) is 2.87. The molecule has 25 heavy (non-hydrogen) atoms. The zero-order chi connectivity index (χ0) is 17.5. The van der Waals surface area contributed by atoms with Gasteiger partial charge in [-0.3, -0.25) is 9.89 Å². The van der Waals surface area contributed by atoms with E-state index in [9.17, 15) is 4.79 Å². The summed E-state index contributed by atoms with van der Waals surface area (Å²) in [5.41, 5.74) is 1.49. The molecule has 6 nitrogen and oxygen atoms in total. The first-order chi connectivity index (χ1) is 12.3. The van der Waals surface area contributed by atoms with Gasteiger partial charge < -0.3 is 10.1 Å². The third-order valence-electron chi connectivity index (χ3n) is 3.64. The van der Waals surface area contributed by atoms with Gasteiger partial charge in [-0.15, -0.1) is 0 Å². The molecule has 2 aromatic carbocycles. The molecule has 0 atom stereocenters. The van der Waals surface area contributed by atoms with Crippen molar-refractivity contribution in [3.8, 4) is 17.1 Å². The molecule has 1 amide bonds. The topological polar surface area (TPSA) is 79.9 Å². The van der Waals surface area contributed by atoms with Gasteiger partial charge >= 0.3 is 0 Å². The molecule has 0 aliphatic rings. The molecule has 6 heteroatoms. The van der Waals surface area contributed by atoms with Gasteiger partial charge in [0, 0.05) is 18.5 Å². The molecule has 0 aliphatic heterocycles. The van der Waals surface area contributed by atoms with Gasteiger partial charge in [-0.1, -0.05) is 42.5 Å². The zero-order valence-corrected chi connectivity index (χ0v) is 14.0. The molecular formula is C19H20N4O2. The van der Waals surface area contributed by atoms with Gasteiger partial charge in [-0.2, -0.15) is 5.10 Å². The number of benzene rings is 2. The molecule has 1 aromatic heterocycles. The lowest BCUT2D eigenvalue weighted by molar-refractivity contribution is 0.0950. The maximum atomic E-state index is 12.3. The van der Waals surface area contributed by atoms with Gasteiger partial charge in [0.2, 0.25) is 0 Å². The smallest absolute Gasteiger partial charge is 0.255 e. The van der Waals surface area contributed by atoms with Crippen LogP contribution in [0.2, 0.25) is 0 Å². The fourth-order valence-corrected chi connectivity index (χ4v) is 2.45. The van der Waals surface area contributed by atoms with E-state index in [1.165, 1.54) is 0 Å². The number of ether oxygens (including phenoxy) is 1. The molecule has 0 saturated heterocycles. The van der Waals surface area contributed by atoms with Crippen LogP contribution in [0.15, 0.2) is 54.6 Å². The van der Waals surface area contributed by atoms with Crippen LogP contribution in [0.5, 0.6) is 5.75 Å². The van der Waals surface area contributed by atoms with Crippen LogP contribution in [0.1, 0.15) is 23.1 Å². The zero-order valence-electron chi connectivity index (χ0n) is 14.0. The first-order valence-electron chi connectivity index (χ1n) is 8.24. The van der Waals surface area contributed by atoms with Gasteiger partial charge in [0.05, 0.1) is 12.2 Å². The molecule has 0 unspecified atom stereocenters. The van der Waals surface area contributed by atoms with E-state index < -0.39 is 0 Å². The number of aromatic amines is 1. The number of nitrogens with one attached hydrogen (secondary N) is 2. The molecule has 0 bridgehead atoms. The van der Waals surface area contributed by atoms with Crippen LogP contribution < -0.4 is 10.1 Å². The third kappa shape index (κ3) is 4.23. The number of hydrogen-bond donors (Lipinski definition) is 2. The molecule has 0 fully saturated rings. The van der Waals surface area contributed by atoms with Crippen LogP contribution in [0.3, 0.4) is 0 Å². The summed E-state index contributed by atoms with van der Waals surface area (Å²) in [7, 11) is 0. The molecule has 0 spiro atoms. The van der Waals surface area contributed by atoms with Crippen LogP contribution in [0.25, 0.3) is 11.4 Å². The Balaban J connectivity index is 1.57. The number of aromatic nitrogens is 3. The monoisotopic (exact) mass is 336 g/mol. The van der Waals surface area contributed by atoms with Crippen LogP contribution in [0.4, 0.5) is 0 Å². The second-order valence-electron chi connectivity index (χ2n) is 5.41. The summed E-state index contributed by atoms with van der Waals surface area (Å²) in [6.07, 6.45) is 0.572. The summed E-state index contributed by atoms with van der Waals surface area (Å²) in [5, 5.41) is 10.0. The van der Waals surface area contributed by atoms with Crippen molar-refractivity contribution < 1.29 is 9.53 Å². The number of rotatable bonds is 7. The lowest BCUT2D eigenvalue weighted by Crippen LogP contribution is -2.26. The number of amides is 1. The molecule has 3 aromatic rings. The van der Waals surface area contributed by atoms with Gasteiger partial charge in [0.15, 0.2) is 5.82 Å². The number of carbonyl (C=O) groups is 1. The van der Waals surface area contributed by atoms with Crippen molar-refractivity contribution in [2.45, 2.75) is 13.3 Å². The predicted octanol–water partition coefficient (Wildman–Crippen LogP) is 2.84. The number of para-hydroxylation sites is 1. The molecule has 1 heterocycles. The second kappa shape index (κ2) is 8.10. The average molecular weight is 336 g/mol. The van der Waals surface area contributed by atoms with E-state index in [-0.39, 0.29) is 5.91 Å². The SMILES string of the molecule is CCOc1ccccc1C(=O)NCCc1nc(-c2ccccc2)n[nH]1. The van der Waals surface area contributed by atoms with Crippen molar-refractivity contribution in [1.82, 2.24) is 20.5 Å². The Kier molecular flexibility index (Phi) is 5.41. The number of hydrogen-bond acceptors (Lipinski definition) is 4. The van der Waals surface area contributed by atoms with Crippen molar-refractivity contribution in [2.75, 3.05) is 13.2 Å². The molecule has 2 N–H and O–H groups in total. The summed E-state index contributed by atoms with van der Waals surface area (Å²) < 4.78 is 5.49. The largest absolute Gasteiger partial charge is 0.493 e. The van der Waals surface area contributed by atoms with Crippen molar-refractivity contribution in [3.05, 3.63) is 66.0 Å². The first kappa shape index (κ1) is 16.7. The lowest BCUT2D eigenvalue weighted by Gasteiger charge is -2.09. The minimum atomic E-state index is -0.160. The molecule has 0 radical (unpaired) electrons. The Morgan fingerprint density at radius 2 is 1.88 bits per heavy atom. The van der Waals surface area contributed by atoms with E-state index in [0.29, 0.717) is 36.7 Å². The Bertz CT molecular complexity index is 830. The van der Waals surface area contributed by atoms with Crippen LogP contribution in [-0.4, -0.2) is 34.2 Å². The summed E-state index contributed by atoms with van der Waals surface area (Å²) in [4.78, 5) is 16.8. The van der Waals surface area contributed by atoms with E-state index in [2.05, 4.69) is 20.5 Å². The highest BCUT2D eigenvalue weighted by molar-refractivity contribution is 5.96. The average Bonchev–Trinajstić information content (AvgIpc) is 3.12. The highest BCUT2D eigenvalue weighted by Gasteiger charge is 2.12. The van der Waals surface area contributed by atoms with Crippen molar-refractivity contribution in [3.63, 3.8) is 0 Å². The normalized spacial score (nSPS) is 10.4. The van der Waals surface area contributed by atoms with Crippen LogP contribution >= 0.6 is 0 Å². The van der Waals surface area contributed by atoms with E-state index in [0.717, 1.165) is 11.4 Å². The van der Waals surface area contributed by atoms with Gasteiger partial charge in [0.25, 0.3) is 5.91 Å². The number of carbonyl (C=O) groups excluding carboxylic acids is 1. The Hall–Kier alpha value is -3.15. The summed E-state index contributed by atoms with van der Waals surface area (Å²) in [5.74, 6) is 1.82. The number of H-pyrrole nitrogens is 1. The highest BCUT2D eigenvalue weighted by atomic mass is 16.5. The predicted molar refractivity (Wildman–Crippen MR) is 95.5 cm³/mol. The Morgan fingerprint density at radius 3 is 2.68 bits per heavy atom. The molecule has 0 saturated carbocycles. The van der Waals surface area contributed by atoms with Gasteiger partial charge in [-0.25, -0.2) is 4.98 Å². The van der Waals surface area contributed by atoms with E-state index in [4.69, 9.17) is 4.74 Å². The molecule has 128 valence electrons. The molecule has 0 aliphatic carbocycles. The van der Waals surface area contributed by atoms with E-state index >= 15 is 0 Å². The van der Waals surface area contributed by atoms with Crippen molar-refractivity contribution in [2.24, 2.45) is 0 Å². The number of nitrogens with zero attached hydrogens (tertiary/aromatic N) is 2. The minimum Gasteiger partial charge on any atom is -0.493 e. The van der Waals surface area contributed by atoms with E-state index in [1.807, 2.05) is 49.4 Å². The maximum Gasteiger partial charge on any atom is 0.255 e. The van der Waals surface area contributed by atoms with E-state index in [1.54, 1.807) is 12.1 Å². The van der Waals surface area contributed by atoms with Crippen LogP contribution in [-0.2, 0) is 6.42 Å². The van der Waals surface area contributed by atoms with Crippen molar-refractivity contribution >= 4 is 5.91 Å². The fourth-order valence-electron chi connectivity index (χ4n) is 2.45. The second-order valence-corrected chi connectivity index (χ2v) is 5.41. The van der Waals surface area contributed by atoms with Crippen LogP contribution in [0, 0.1) is 0 Å². The Morgan fingerprint density at radius 1 is 1.12 bits per heavy atom. The minimum absolute atomic E-state index is 0.160. The molecular weight excluding hydrogens is 316 g/mol. The highest BCUT2D eigenvalue weighted by Crippen LogP contribution is 2.17.